The van der Waals surface area contributed by atoms with Crippen molar-refractivity contribution in [3.05, 3.63) is 17.7 Å². The van der Waals surface area contributed by atoms with Crippen LogP contribution in [0.5, 0.6) is 0 Å². The van der Waals surface area contributed by atoms with Crippen LogP contribution in [-0.4, -0.2) is 43.5 Å². The van der Waals surface area contributed by atoms with Crippen molar-refractivity contribution in [2.24, 2.45) is 0 Å². The molecule has 0 saturated heterocycles. The Hall–Kier alpha value is -1.47. The summed E-state index contributed by atoms with van der Waals surface area (Å²) in [5, 5.41) is 14.1. The molecule has 0 saturated carbocycles. The van der Waals surface area contributed by atoms with Crippen molar-refractivity contribution in [3.63, 3.8) is 0 Å². The van der Waals surface area contributed by atoms with Crippen molar-refractivity contribution in [1.82, 2.24) is 4.98 Å². The first-order valence-corrected chi connectivity index (χ1v) is 5.02. The van der Waals surface area contributed by atoms with Gasteiger partial charge in [-0.2, -0.15) is 0 Å². The Bertz CT molecular complexity index is 377. The maximum Gasteiger partial charge on any atom is 0.168 e. The molecule has 3 N–H and O–H groups in total. The number of hydrogen-bond acceptors (Lipinski definition) is 5. The highest BCUT2D eigenvalue weighted by Crippen LogP contribution is 2.19. The van der Waals surface area contributed by atoms with Gasteiger partial charge in [-0.15, -0.1) is 0 Å². The average molecular weight is 247 g/mol. The lowest BCUT2D eigenvalue weighted by atomic mass is 10.3. The van der Waals surface area contributed by atoms with Gasteiger partial charge < -0.3 is 20.5 Å². The first-order valence-electron chi connectivity index (χ1n) is 5.02. The van der Waals surface area contributed by atoms with Gasteiger partial charge in [0.1, 0.15) is 0 Å². The molecular weight excluding hydrogens is 232 g/mol. The summed E-state index contributed by atoms with van der Waals surface area (Å²) in [6.45, 7) is -0.0644. The minimum absolute atomic E-state index is 0.0667. The summed E-state index contributed by atoms with van der Waals surface area (Å²) in [5.41, 5.74) is 0. The molecule has 96 valence electrons. The summed E-state index contributed by atoms with van der Waals surface area (Å²) < 4.78 is 31.3. The number of aliphatic hydroxyl groups is 1. The van der Waals surface area contributed by atoms with E-state index in [0.717, 1.165) is 6.07 Å². The first-order chi connectivity index (χ1) is 8.12. The molecule has 1 aromatic heterocycles. The standard InChI is InChI=1S/C10H15F2N3O2/c1-13-9-7(11)3-8(12)10(15-9)14-6(4-16)5-17-2/h3,6,16H,4-5H2,1-2H3,(H2,13,14,15). The van der Waals surface area contributed by atoms with Crippen LogP contribution in [0.1, 0.15) is 0 Å². The van der Waals surface area contributed by atoms with Crippen LogP contribution in [-0.2, 0) is 4.74 Å². The van der Waals surface area contributed by atoms with Gasteiger partial charge in [0.2, 0.25) is 0 Å². The van der Waals surface area contributed by atoms with Crippen LogP contribution in [0.4, 0.5) is 20.4 Å². The number of nitrogens with one attached hydrogen (secondary N) is 2. The van der Waals surface area contributed by atoms with E-state index in [2.05, 4.69) is 15.6 Å². The van der Waals surface area contributed by atoms with Gasteiger partial charge in [0.25, 0.3) is 0 Å². The van der Waals surface area contributed by atoms with Gasteiger partial charge in [-0.1, -0.05) is 0 Å². The van der Waals surface area contributed by atoms with Crippen molar-refractivity contribution in [3.8, 4) is 0 Å². The van der Waals surface area contributed by atoms with Crippen LogP contribution in [0.3, 0.4) is 0 Å². The fourth-order valence-electron chi connectivity index (χ4n) is 1.28. The Morgan fingerprint density at radius 3 is 2.59 bits per heavy atom. The number of ether oxygens (including phenoxy) is 1. The van der Waals surface area contributed by atoms with Crippen LogP contribution >= 0.6 is 0 Å². The largest absolute Gasteiger partial charge is 0.394 e. The monoisotopic (exact) mass is 247 g/mol. The Morgan fingerprint density at radius 1 is 1.41 bits per heavy atom. The van der Waals surface area contributed by atoms with Gasteiger partial charge >= 0.3 is 0 Å². The normalized spacial score (nSPS) is 12.3. The predicted octanol–water partition coefficient (Wildman–Crippen LogP) is 0.821. The van der Waals surface area contributed by atoms with Crippen molar-refractivity contribution < 1.29 is 18.6 Å². The van der Waals surface area contributed by atoms with Gasteiger partial charge in [0, 0.05) is 20.2 Å². The molecule has 0 bridgehead atoms. The van der Waals surface area contributed by atoms with E-state index >= 15 is 0 Å². The van der Waals surface area contributed by atoms with E-state index in [4.69, 9.17) is 9.84 Å². The molecule has 0 aliphatic rings. The number of aromatic nitrogens is 1. The summed E-state index contributed by atoms with van der Waals surface area (Å²) in [6.07, 6.45) is 0. The lowest BCUT2D eigenvalue weighted by Gasteiger charge is -2.17. The van der Waals surface area contributed by atoms with Gasteiger partial charge in [-0.05, 0) is 0 Å². The highest BCUT2D eigenvalue weighted by molar-refractivity contribution is 5.47. The van der Waals surface area contributed by atoms with Crippen molar-refractivity contribution in [1.29, 1.82) is 0 Å². The number of aliphatic hydroxyl groups excluding tert-OH is 1. The Morgan fingerprint density at radius 2 is 2.06 bits per heavy atom. The molecule has 0 aliphatic carbocycles. The molecule has 5 nitrogen and oxygen atoms in total. The number of pyridine rings is 1. The highest BCUT2D eigenvalue weighted by Gasteiger charge is 2.14. The van der Waals surface area contributed by atoms with Crippen LogP contribution in [0.25, 0.3) is 0 Å². The van der Waals surface area contributed by atoms with E-state index < -0.39 is 17.7 Å². The van der Waals surface area contributed by atoms with Crippen LogP contribution < -0.4 is 10.6 Å². The maximum absolute atomic E-state index is 13.4. The zero-order chi connectivity index (χ0) is 12.8. The number of rotatable bonds is 6. The van der Waals surface area contributed by atoms with E-state index in [1.165, 1.54) is 14.2 Å². The summed E-state index contributed by atoms with van der Waals surface area (Å²) in [4.78, 5) is 3.72. The minimum atomic E-state index is -0.823. The topological polar surface area (TPSA) is 66.4 Å². The minimum Gasteiger partial charge on any atom is -0.394 e. The highest BCUT2D eigenvalue weighted by atomic mass is 19.1. The number of anilines is 2. The molecule has 0 radical (unpaired) electrons. The van der Waals surface area contributed by atoms with Gasteiger partial charge in [0.05, 0.1) is 19.3 Å². The van der Waals surface area contributed by atoms with Gasteiger partial charge in [-0.3, -0.25) is 0 Å². The second kappa shape index (κ2) is 6.31. The molecule has 1 aromatic rings. The van der Waals surface area contributed by atoms with Gasteiger partial charge in [0.15, 0.2) is 23.3 Å². The first kappa shape index (κ1) is 13.6. The third-order valence-electron chi connectivity index (χ3n) is 2.10. The predicted molar refractivity (Wildman–Crippen MR) is 60.1 cm³/mol. The molecule has 1 atom stereocenters. The molecule has 0 aromatic carbocycles. The fraction of sp³-hybridized carbons (Fsp3) is 0.500. The number of nitrogens with zero attached hydrogens (tertiary/aromatic N) is 1. The molecule has 17 heavy (non-hydrogen) atoms. The summed E-state index contributed by atoms with van der Waals surface area (Å²) in [5.74, 6) is -1.80. The molecule has 1 unspecified atom stereocenters. The Labute approximate surface area is 97.8 Å². The second-order valence-corrected chi connectivity index (χ2v) is 3.38. The fourth-order valence-corrected chi connectivity index (χ4v) is 1.28. The Balaban J connectivity index is 2.89. The lowest BCUT2D eigenvalue weighted by Crippen LogP contribution is -2.29. The molecule has 0 aliphatic heterocycles. The molecule has 1 heterocycles. The van der Waals surface area contributed by atoms with Crippen LogP contribution in [0.2, 0.25) is 0 Å². The SMILES string of the molecule is CNc1nc(NC(CO)COC)c(F)cc1F. The van der Waals surface area contributed by atoms with Crippen LogP contribution in [0, 0.1) is 11.6 Å². The van der Waals surface area contributed by atoms with E-state index in [9.17, 15) is 8.78 Å². The number of methoxy groups -OCH3 is 1. The van der Waals surface area contributed by atoms with Crippen LogP contribution in [0.15, 0.2) is 6.07 Å². The lowest BCUT2D eigenvalue weighted by molar-refractivity contribution is 0.153. The smallest absolute Gasteiger partial charge is 0.168 e. The van der Waals surface area contributed by atoms with Crippen molar-refractivity contribution in [2.75, 3.05) is 38.0 Å². The third kappa shape index (κ3) is 3.50. The van der Waals surface area contributed by atoms with E-state index in [1.807, 2.05) is 0 Å². The molecule has 0 fully saturated rings. The molecule has 1 rings (SSSR count). The molecule has 7 heteroatoms. The summed E-state index contributed by atoms with van der Waals surface area (Å²) >= 11 is 0. The number of halogens is 2. The zero-order valence-corrected chi connectivity index (χ0v) is 9.63. The van der Waals surface area contributed by atoms with Crippen molar-refractivity contribution >= 4 is 11.6 Å². The van der Waals surface area contributed by atoms with E-state index in [1.54, 1.807) is 0 Å². The zero-order valence-electron chi connectivity index (χ0n) is 9.63. The van der Waals surface area contributed by atoms with Crippen molar-refractivity contribution in [2.45, 2.75) is 6.04 Å². The molecule has 0 amide bonds. The quantitative estimate of drug-likeness (QED) is 0.694. The number of hydrogen-bond donors (Lipinski definition) is 3. The average Bonchev–Trinajstić information content (AvgIpc) is 2.31. The second-order valence-electron chi connectivity index (χ2n) is 3.38. The van der Waals surface area contributed by atoms with E-state index in [-0.39, 0.29) is 24.8 Å². The Kier molecular flexibility index (Phi) is 5.05. The third-order valence-corrected chi connectivity index (χ3v) is 2.10. The summed E-state index contributed by atoms with van der Waals surface area (Å²) in [6, 6.07) is 0.222. The molecular formula is C10H15F2N3O2. The molecule has 0 spiro atoms. The summed E-state index contributed by atoms with van der Waals surface area (Å²) in [7, 11) is 2.93. The van der Waals surface area contributed by atoms with E-state index in [0.29, 0.717) is 0 Å². The van der Waals surface area contributed by atoms with Gasteiger partial charge in [-0.25, -0.2) is 13.8 Å². The maximum atomic E-state index is 13.4.